The summed E-state index contributed by atoms with van der Waals surface area (Å²) in [5.41, 5.74) is 0.896. The van der Waals surface area contributed by atoms with Crippen molar-refractivity contribution >= 4 is 27.7 Å². The molecule has 0 heterocycles. The number of carbonyl (C=O) groups excluding carboxylic acids is 1. The highest BCUT2D eigenvalue weighted by atomic mass is 32.2. The fraction of sp³-hybridized carbons (Fsp3) is 0.409. The predicted molar refractivity (Wildman–Crippen MR) is 126 cm³/mol. The van der Waals surface area contributed by atoms with E-state index >= 15 is 0 Å². The molecule has 0 spiro atoms. The molecule has 0 saturated carbocycles. The number of carbonyl (C=O) groups is 1. The highest BCUT2D eigenvalue weighted by Gasteiger charge is 2.28. The average Bonchev–Trinajstić information content (AvgIpc) is 2.76. The lowest BCUT2D eigenvalue weighted by Crippen LogP contribution is -2.48. The number of amides is 1. The third-order valence-corrected chi connectivity index (χ3v) is 7.09. The van der Waals surface area contributed by atoms with Crippen molar-refractivity contribution in [3.05, 3.63) is 59.9 Å². The Balaban J connectivity index is 2.19. The second-order valence-electron chi connectivity index (χ2n) is 7.35. The summed E-state index contributed by atoms with van der Waals surface area (Å²) >= 11 is 1.49. The van der Waals surface area contributed by atoms with Crippen molar-refractivity contribution in [1.29, 1.82) is 0 Å². The zero-order chi connectivity index (χ0) is 23.7. The molecule has 32 heavy (non-hydrogen) atoms. The molecule has 0 aliphatic heterocycles. The van der Waals surface area contributed by atoms with E-state index in [1.165, 1.54) is 30.0 Å². The Morgan fingerprint density at radius 3 is 2.44 bits per heavy atom. The molecule has 0 saturated heterocycles. The number of sulfonamides is 1. The number of nitrogens with zero attached hydrogens (tertiary/aromatic N) is 1. The summed E-state index contributed by atoms with van der Waals surface area (Å²) in [6.45, 7) is 0.239. The number of benzene rings is 2. The number of halogens is 1. The van der Waals surface area contributed by atoms with Gasteiger partial charge in [0.05, 0.1) is 13.2 Å². The van der Waals surface area contributed by atoms with Crippen LogP contribution >= 0.6 is 11.8 Å². The fourth-order valence-corrected chi connectivity index (χ4v) is 5.01. The zero-order valence-electron chi connectivity index (χ0n) is 18.7. The van der Waals surface area contributed by atoms with E-state index in [1.54, 1.807) is 7.11 Å². The van der Waals surface area contributed by atoms with Crippen LogP contribution in [0.4, 0.5) is 4.39 Å². The molecular weight excluding hydrogens is 453 g/mol. The van der Waals surface area contributed by atoms with E-state index in [9.17, 15) is 17.6 Å². The van der Waals surface area contributed by atoms with E-state index < -0.39 is 32.7 Å². The van der Waals surface area contributed by atoms with Gasteiger partial charge in [0, 0.05) is 12.1 Å². The van der Waals surface area contributed by atoms with Crippen LogP contribution in [0.25, 0.3) is 0 Å². The molecule has 0 aliphatic rings. The minimum Gasteiger partial charge on any atom is -0.496 e. The maximum Gasteiger partial charge on any atom is 0.244 e. The van der Waals surface area contributed by atoms with Gasteiger partial charge in [-0.1, -0.05) is 30.3 Å². The number of para-hydroxylation sites is 1. The molecular formula is C22H30FN3O4S2. The van der Waals surface area contributed by atoms with Crippen molar-refractivity contribution in [3.63, 3.8) is 0 Å². The number of nitrogens with one attached hydrogen (secondary N) is 2. The first kappa shape index (κ1) is 26.1. The van der Waals surface area contributed by atoms with Gasteiger partial charge >= 0.3 is 0 Å². The fourth-order valence-electron chi connectivity index (χ4n) is 3.23. The number of thioether (sulfide) groups is 1. The molecule has 0 bridgehead atoms. The molecule has 10 heteroatoms. The molecule has 2 atom stereocenters. The lowest BCUT2D eigenvalue weighted by molar-refractivity contribution is -0.123. The van der Waals surface area contributed by atoms with Gasteiger partial charge in [-0.2, -0.15) is 16.5 Å². The average molecular weight is 484 g/mol. The van der Waals surface area contributed by atoms with Crippen molar-refractivity contribution in [2.24, 2.45) is 0 Å². The Bertz CT molecular complexity index is 1000. The molecule has 2 aromatic carbocycles. The van der Waals surface area contributed by atoms with Gasteiger partial charge in [-0.25, -0.2) is 12.8 Å². The molecule has 2 aromatic rings. The molecule has 0 fully saturated rings. The predicted octanol–water partition coefficient (Wildman–Crippen LogP) is 2.65. The van der Waals surface area contributed by atoms with Gasteiger partial charge in [-0.3, -0.25) is 4.79 Å². The van der Waals surface area contributed by atoms with E-state index in [1.807, 2.05) is 49.5 Å². The third-order valence-electron chi connectivity index (χ3n) is 4.94. The SMILES string of the molecule is COc1ccccc1C(CNC(=O)C(CCSC)NS(=O)(=O)c1ccccc1F)N(C)C. The molecule has 2 unspecified atom stereocenters. The van der Waals surface area contributed by atoms with Crippen molar-refractivity contribution in [2.75, 3.05) is 39.8 Å². The lowest BCUT2D eigenvalue weighted by atomic mass is 10.0. The second kappa shape index (κ2) is 12.2. The first-order valence-electron chi connectivity index (χ1n) is 10.0. The summed E-state index contributed by atoms with van der Waals surface area (Å²) in [5, 5.41) is 2.85. The number of rotatable bonds is 12. The van der Waals surface area contributed by atoms with Gasteiger partial charge in [0.1, 0.15) is 22.5 Å². The first-order valence-corrected chi connectivity index (χ1v) is 12.9. The lowest BCUT2D eigenvalue weighted by Gasteiger charge is -2.27. The van der Waals surface area contributed by atoms with Crippen LogP contribution in [0.2, 0.25) is 0 Å². The van der Waals surface area contributed by atoms with E-state index in [0.29, 0.717) is 11.5 Å². The summed E-state index contributed by atoms with van der Waals surface area (Å²) in [4.78, 5) is 14.4. The van der Waals surface area contributed by atoms with Crippen LogP contribution in [0.3, 0.4) is 0 Å². The molecule has 0 aromatic heterocycles. The highest BCUT2D eigenvalue weighted by molar-refractivity contribution is 7.98. The number of hydrogen-bond donors (Lipinski definition) is 2. The van der Waals surface area contributed by atoms with Crippen molar-refractivity contribution in [2.45, 2.75) is 23.4 Å². The molecule has 7 nitrogen and oxygen atoms in total. The van der Waals surface area contributed by atoms with Gasteiger partial charge < -0.3 is 15.0 Å². The van der Waals surface area contributed by atoms with Crippen LogP contribution in [-0.2, 0) is 14.8 Å². The van der Waals surface area contributed by atoms with Crippen LogP contribution in [-0.4, -0.2) is 65.0 Å². The van der Waals surface area contributed by atoms with Crippen molar-refractivity contribution in [3.8, 4) is 5.75 Å². The molecule has 2 N–H and O–H groups in total. The third kappa shape index (κ3) is 6.93. The topological polar surface area (TPSA) is 87.7 Å². The normalized spacial score (nSPS) is 13.6. The Morgan fingerprint density at radius 2 is 1.81 bits per heavy atom. The van der Waals surface area contributed by atoms with Gasteiger partial charge in [-0.15, -0.1) is 0 Å². The maximum absolute atomic E-state index is 14.0. The van der Waals surface area contributed by atoms with Crippen LogP contribution in [0, 0.1) is 5.82 Å². The monoisotopic (exact) mass is 483 g/mol. The number of hydrogen-bond acceptors (Lipinski definition) is 6. The van der Waals surface area contributed by atoms with Crippen molar-refractivity contribution in [1.82, 2.24) is 14.9 Å². The van der Waals surface area contributed by atoms with E-state index in [-0.39, 0.29) is 19.0 Å². The highest BCUT2D eigenvalue weighted by Crippen LogP contribution is 2.27. The zero-order valence-corrected chi connectivity index (χ0v) is 20.3. The summed E-state index contributed by atoms with van der Waals surface area (Å²) in [6, 6.07) is 11.4. The first-order chi connectivity index (χ1) is 15.2. The molecule has 0 aliphatic carbocycles. The summed E-state index contributed by atoms with van der Waals surface area (Å²) < 4.78 is 47.3. The molecule has 176 valence electrons. The van der Waals surface area contributed by atoms with E-state index in [0.717, 1.165) is 11.6 Å². The van der Waals surface area contributed by atoms with Crippen molar-refractivity contribution < 1.29 is 22.3 Å². The summed E-state index contributed by atoms with van der Waals surface area (Å²) in [7, 11) is 1.14. The number of likely N-dealkylation sites (N-methyl/N-ethyl adjacent to an activating group) is 1. The second-order valence-corrected chi connectivity index (χ2v) is 10.0. The number of ether oxygens (including phenoxy) is 1. The van der Waals surface area contributed by atoms with E-state index in [4.69, 9.17) is 4.74 Å². The Hall–Kier alpha value is -2.14. The summed E-state index contributed by atoms with van der Waals surface area (Å²) in [5.74, 6) is -0.0881. The minimum absolute atomic E-state index is 0.195. The van der Waals surface area contributed by atoms with E-state index in [2.05, 4.69) is 10.0 Å². The maximum atomic E-state index is 14.0. The van der Waals surface area contributed by atoms with Gasteiger partial charge in [-0.05, 0) is 50.7 Å². The van der Waals surface area contributed by atoms with Crippen LogP contribution in [0.1, 0.15) is 18.0 Å². The Kier molecular flexibility index (Phi) is 9.95. The largest absolute Gasteiger partial charge is 0.496 e. The van der Waals surface area contributed by atoms with Gasteiger partial charge in [0.25, 0.3) is 0 Å². The standard InChI is InChI=1S/C22H30FN3O4S2/c1-26(2)19(16-9-5-7-11-20(16)30-3)15-24-22(27)18(13-14-31-4)25-32(28,29)21-12-8-6-10-17(21)23/h5-12,18-19,25H,13-15H2,1-4H3,(H,24,27). The Labute approximate surface area is 193 Å². The number of methoxy groups -OCH3 is 1. The quantitative estimate of drug-likeness (QED) is 0.483. The summed E-state index contributed by atoms with van der Waals surface area (Å²) in [6.07, 6.45) is 2.13. The van der Waals surface area contributed by atoms with Crippen LogP contribution in [0.5, 0.6) is 5.75 Å². The smallest absolute Gasteiger partial charge is 0.244 e. The molecule has 0 radical (unpaired) electrons. The minimum atomic E-state index is -4.21. The van der Waals surface area contributed by atoms with Crippen LogP contribution < -0.4 is 14.8 Å². The van der Waals surface area contributed by atoms with Gasteiger partial charge in [0.15, 0.2) is 0 Å². The van der Waals surface area contributed by atoms with Gasteiger partial charge in [0.2, 0.25) is 15.9 Å². The van der Waals surface area contributed by atoms with Crippen LogP contribution in [0.15, 0.2) is 53.4 Å². The Morgan fingerprint density at radius 1 is 1.16 bits per heavy atom. The molecule has 2 rings (SSSR count). The molecule has 1 amide bonds.